The van der Waals surface area contributed by atoms with Crippen molar-refractivity contribution < 1.29 is 23.1 Å². The molecular weight excluding hydrogens is 365 g/mol. The number of carbonyl (C=O) groups excluding carboxylic acids is 1. The van der Waals surface area contributed by atoms with Gasteiger partial charge in [0.25, 0.3) is 0 Å². The number of ether oxygens (including phenoxy) is 1. The van der Waals surface area contributed by atoms with E-state index in [9.17, 15) is 9.36 Å². The molecule has 6 nitrogen and oxygen atoms in total. The smallest absolute Gasteiger partial charge is 0.345 e. The third-order valence-corrected chi connectivity index (χ3v) is 6.93. The summed E-state index contributed by atoms with van der Waals surface area (Å²) in [5, 5.41) is 0.930. The van der Waals surface area contributed by atoms with Gasteiger partial charge in [0, 0.05) is 37.2 Å². The average Bonchev–Trinajstić information content (AvgIpc) is 3.15. The molecule has 142 valence electrons. The number of nitrogens with one attached hydrogen (secondary N) is 1. The molecule has 0 saturated heterocycles. The van der Waals surface area contributed by atoms with E-state index < -0.39 is 25.1 Å². The Labute approximate surface area is 158 Å². The van der Waals surface area contributed by atoms with Crippen LogP contribution in [-0.2, 0) is 23.1 Å². The van der Waals surface area contributed by atoms with Gasteiger partial charge in [-0.3, -0.25) is 9.36 Å². The molecule has 0 fully saturated rings. The summed E-state index contributed by atoms with van der Waals surface area (Å²) in [4.78, 5) is 16.0. The van der Waals surface area contributed by atoms with Crippen molar-refractivity contribution in [3.05, 3.63) is 71.9 Å². The Morgan fingerprint density at radius 3 is 2.22 bits per heavy atom. The Bertz CT molecular complexity index is 961. The van der Waals surface area contributed by atoms with Gasteiger partial charge in [0.15, 0.2) is 5.66 Å². The van der Waals surface area contributed by atoms with Gasteiger partial charge in [-0.15, -0.1) is 0 Å². The lowest BCUT2D eigenvalue weighted by molar-refractivity contribution is -0.140. The normalized spacial score (nSPS) is 14.0. The van der Waals surface area contributed by atoms with Gasteiger partial charge in [-0.25, -0.2) is 0 Å². The molecule has 1 aromatic heterocycles. The van der Waals surface area contributed by atoms with Gasteiger partial charge in [-0.05, 0) is 17.2 Å². The molecule has 3 rings (SSSR count). The highest BCUT2D eigenvalue weighted by molar-refractivity contribution is 7.55. The minimum absolute atomic E-state index is 0.583. The van der Waals surface area contributed by atoms with Gasteiger partial charge in [-0.2, -0.15) is 0 Å². The number of rotatable bonds is 7. The van der Waals surface area contributed by atoms with Crippen molar-refractivity contribution in [1.29, 1.82) is 0 Å². The largest absolute Gasteiger partial charge is 0.468 e. The summed E-state index contributed by atoms with van der Waals surface area (Å²) in [6.45, 7) is 0. The number of H-pyrrole nitrogens is 1. The first-order valence-electron chi connectivity index (χ1n) is 8.45. The topological polar surface area (TPSA) is 77.6 Å². The van der Waals surface area contributed by atoms with E-state index in [4.69, 9.17) is 13.8 Å². The molecule has 1 N–H and O–H groups in total. The van der Waals surface area contributed by atoms with Crippen LogP contribution < -0.4 is 0 Å². The summed E-state index contributed by atoms with van der Waals surface area (Å²) in [6, 6.07) is 17.1. The van der Waals surface area contributed by atoms with E-state index >= 15 is 0 Å². The summed E-state index contributed by atoms with van der Waals surface area (Å²) < 4.78 is 28.7. The molecule has 27 heavy (non-hydrogen) atoms. The first-order valence-corrected chi connectivity index (χ1v) is 10.1. The van der Waals surface area contributed by atoms with Crippen molar-refractivity contribution in [2.45, 2.75) is 11.6 Å². The minimum Gasteiger partial charge on any atom is -0.468 e. The number of carbonyl (C=O) groups is 1. The van der Waals surface area contributed by atoms with Gasteiger partial charge in [0.1, 0.15) is 0 Å². The molecule has 2 atom stereocenters. The van der Waals surface area contributed by atoms with Gasteiger partial charge < -0.3 is 18.8 Å². The lowest BCUT2D eigenvalue weighted by Crippen LogP contribution is -2.31. The molecule has 0 aliphatic carbocycles. The van der Waals surface area contributed by atoms with Crippen LogP contribution in [0.5, 0.6) is 0 Å². The Balaban J connectivity index is 2.28. The molecule has 0 bridgehead atoms. The minimum atomic E-state index is -3.79. The van der Waals surface area contributed by atoms with Gasteiger partial charge in [-0.1, -0.05) is 48.5 Å². The number of hydrogen-bond acceptors (Lipinski definition) is 5. The molecule has 0 aliphatic rings. The molecule has 2 unspecified atom stereocenters. The van der Waals surface area contributed by atoms with Crippen LogP contribution in [0.4, 0.5) is 0 Å². The van der Waals surface area contributed by atoms with Crippen molar-refractivity contribution >= 4 is 24.5 Å². The number of fused-ring (bicyclic) bond motifs is 1. The van der Waals surface area contributed by atoms with E-state index in [1.165, 1.54) is 21.3 Å². The Morgan fingerprint density at radius 1 is 0.963 bits per heavy atom. The van der Waals surface area contributed by atoms with Gasteiger partial charge in [0.05, 0.1) is 7.11 Å². The number of aromatic nitrogens is 1. The van der Waals surface area contributed by atoms with E-state index in [1.54, 1.807) is 0 Å². The van der Waals surface area contributed by atoms with E-state index in [-0.39, 0.29) is 0 Å². The van der Waals surface area contributed by atoms with Crippen LogP contribution >= 0.6 is 7.60 Å². The number of esters is 1. The van der Waals surface area contributed by atoms with Crippen LogP contribution in [-0.4, -0.2) is 37.9 Å². The monoisotopic (exact) mass is 387 g/mol. The second kappa shape index (κ2) is 8.09. The summed E-state index contributed by atoms with van der Waals surface area (Å²) in [7, 11) is 0.0237. The van der Waals surface area contributed by atoms with Crippen LogP contribution in [0.25, 0.3) is 10.9 Å². The zero-order chi connectivity index (χ0) is 19.4. The zero-order valence-electron chi connectivity index (χ0n) is 15.4. The summed E-state index contributed by atoms with van der Waals surface area (Å²) >= 11 is 0. The van der Waals surface area contributed by atoms with Crippen LogP contribution in [0.15, 0.2) is 60.8 Å². The Kier molecular flexibility index (Phi) is 5.80. The van der Waals surface area contributed by atoms with E-state index in [0.29, 0.717) is 0 Å². The summed E-state index contributed by atoms with van der Waals surface area (Å²) in [6.07, 6.45) is 1.83. The molecule has 1 heterocycles. The van der Waals surface area contributed by atoms with Crippen molar-refractivity contribution in [2.24, 2.45) is 0 Å². The third kappa shape index (κ3) is 3.56. The molecule has 0 amide bonds. The number of aromatic amines is 1. The first kappa shape index (κ1) is 19.4. The molecule has 0 saturated carbocycles. The number of para-hydroxylation sites is 1. The molecular formula is C20H22NO5P. The lowest BCUT2D eigenvalue weighted by atomic mass is 9.88. The van der Waals surface area contributed by atoms with E-state index in [2.05, 4.69) is 4.98 Å². The summed E-state index contributed by atoms with van der Waals surface area (Å²) in [5.74, 6) is -1.23. The predicted molar refractivity (Wildman–Crippen MR) is 104 cm³/mol. The highest BCUT2D eigenvalue weighted by Crippen LogP contribution is 2.58. The molecule has 0 spiro atoms. The van der Waals surface area contributed by atoms with Gasteiger partial charge >= 0.3 is 13.6 Å². The fraction of sp³-hybridized carbons (Fsp3) is 0.250. The Morgan fingerprint density at radius 2 is 1.59 bits per heavy atom. The van der Waals surface area contributed by atoms with Crippen LogP contribution in [0.3, 0.4) is 0 Å². The second-order valence-electron chi connectivity index (χ2n) is 6.05. The van der Waals surface area contributed by atoms with Gasteiger partial charge in [0.2, 0.25) is 0 Å². The number of hydrogen-bond donors (Lipinski definition) is 1. The predicted octanol–water partition coefficient (Wildman–Crippen LogP) is 4.33. The average molecular weight is 387 g/mol. The molecule has 0 radical (unpaired) electrons. The number of methoxy groups -OCH3 is 1. The Hall–Kier alpha value is -2.40. The lowest BCUT2D eigenvalue weighted by Gasteiger charge is -2.29. The van der Waals surface area contributed by atoms with E-state index in [0.717, 1.165) is 22.0 Å². The second-order valence-corrected chi connectivity index (χ2v) is 8.42. The van der Waals surface area contributed by atoms with Crippen LogP contribution in [0.2, 0.25) is 0 Å². The fourth-order valence-corrected chi connectivity index (χ4v) is 5.08. The maximum Gasteiger partial charge on any atom is 0.345 e. The highest BCUT2D eigenvalue weighted by Gasteiger charge is 2.48. The third-order valence-electron chi connectivity index (χ3n) is 4.72. The maximum atomic E-state index is 13.3. The fourth-order valence-electron chi connectivity index (χ4n) is 3.41. The van der Waals surface area contributed by atoms with Crippen LogP contribution in [0.1, 0.15) is 17.0 Å². The van der Waals surface area contributed by atoms with Crippen LogP contribution in [0, 0.1) is 0 Å². The molecule has 2 aromatic carbocycles. The van der Waals surface area contributed by atoms with Crippen molar-refractivity contribution in [3.63, 3.8) is 0 Å². The standard InChI is InChI=1S/C20H22NO5P/c1-24-20(22)19(27(23,25-2)26-3)18(14-9-5-4-6-10-14)16-13-21-17-12-8-7-11-15(16)17/h4-13,18-19,21H,1-3H3. The molecule has 7 heteroatoms. The van der Waals surface area contributed by atoms with E-state index in [1.807, 2.05) is 60.8 Å². The number of benzene rings is 2. The highest BCUT2D eigenvalue weighted by atomic mass is 31.2. The zero-order valence-corrected chi connectivity index (χ0v) is 16.3. The SMILES string of the molecule is COC(=O)C(C(c1ccccc1)c1c[nH]c2ccccc12)P(=O)(OC)OC. The van der Waals surface area contributed by atoms with Crippen molar-refractivity contribution in [1.82, 2.24) is 4.98 Å². The molecule has 0 aliphatic heterocycles. The quantitative estimate of drug-likeness (QED) is 0.482. The van der Waals surface area contributed by atoms with Crippen molar-refractivity contribution in [3.8, 4) is 0 Å². The first-order chi connectivity index (χ1) is 13.1. The molecule has 3 aromatic rings. The summed E-state index contributed by atoms with van der Waals surface area (Å²) in [5.41, 5.74) is 1.40. The maximum absolute atomic E-state index is 13.3. The van der Waals surface area contributed by atoms with Crippen molar-refractivity contribution in [2.75, 3.05) is 21.3 Å².